The van der Waals surface area contributed by atoms with E-state index in [1.807, 2.05) is 35.2 Å². The van der Waals surface area contributed by atoms with E-state index in [1.165, 1.54) is 0 Å². The van der Waals surface area contributed by atoms with Crippen LogP contribution in [0.5, 0.6) is 0 Å². The molecule has 0 aliphatic carbocycles. The van der Waals surface area contributed by atoms with E-state index in [4.69, 9.17) is 9.84 Å². The number of ether oxygens (including phenoxy) is 1. The molecule has 2 fully saturated rings. The first kappa shape index (κ1) is 16.4. The quantitative estimate of drug-likeness (QED) is 0.883. The number of nitrogens with zero attached hydrogens (tertiary/aromatic N) is 4. The third-order valence-electron chi connectivity index (χ3n) is 4.58. The van der Waals surface area contributed by atoms with Crippen molar-refractivity contribution in [3.63, 3.8) is 0 Å². The first-order chi connectivity index (χ1) is 12.2. The molecule has 4 rings (SSSR count). The fraction of sp³-hybridized carbons (Fsp3) is 0.471. The fourth-order valence-corrected chi connectivity index (χ4v) is 4.45. The first-order valence-corrected chi connectivity index (χ1v) is 9.18. The Morgan fingerprint density at radius 2 is 2.04 bits per heavy atom. The molecule has 2 aliphatic rings. The van der Waals surface area contributed by atoms with Crippen molar-refractivity contribution in [2.45, 2.75) is 6.04 Å². The number of aliphatic carboxylic acids is 1. The van der Waals surface area contributed by atoms with Gasteiger partial charge in [0, 0.05) is 31.1 Å². The van der Waals surface area contributed by atoms with E-state index in [-0.39, 0.29) is 18.5 Å². The van der Waals surface area contributed by atoms with E-state index in [0.29, 0.717) is 19.8 Å². The zero-order valence-corrected chi connectivity index (χ0v) is 14.6. The molecular formula is C17H20N4O3S. The van der Waals surface area contributed by atoms with Gasteiger partial charge < -0.3 is 14.7 Å². The molecule has 25 heavy (non-hydrogen) atoms. The van der Waals surface area contributed by atoms with E-state index in [1.54, 1.807) is 11.3 Å². The lowest BCUT2D eigenvalue weighted by Crippen LogP contribution is -2.45. The van der Waals surface area contributed by atoms with E-state index in [0.717, 1.165) is 28.8 Å². The summed E-state index contributed by atoms with van der Waals surface area (Å²) in [5.41, 5.74) is 1.06. The van der Waals surface area contributed by atoms with Crippen LogP contribution in [0.15, 0.2) is 30.3 Å². The van der Waals surface area contributed by atoms with E-state index in [2.05, 4.69) is 15.1 Å². The normalized spacial score (nSPS) is 24.1. The van der Waals surface area contributed by atoms with Crippen LogP contribution >= 0.6 is 11.3 Å². The molecule has 2 atom stereocenters. The zero-order chi connectivity index (χ0) is 17.2. The van der Waals surface area contributed by atoms with Gasteiger partial charge in [0.2, 0.25) is 5.13 Å². The standard InChI is InChI=1S/C17H20N4O3S/c22-15(23)9-20-6-12-7-21(14(8-20)11-24-10-12)17-19-18-16(25-17)13-4-2-1-3-5-13/h1-5,12,14H,6-11H2,(H,22,23)/t12-,14-/m0/s1. The van der Waals surface area contributed by atoms with Crippen LogP contribution in [0.4, 0.5) is 5.13 Å². The number of benzene rings is 1. The highest BCUT2D eigenvalue weighted by Crippen LogP contribution is 2.32. The zero-order valence-electron chi connectivity index (χ0n) is 13.7. The lowest BCUT2D eigenvalue weighted by atomic mass is 10.1. The summed E-state index contributed by atoms with van der Waals surface area (Å²) in [6.07, 6.45) is 0. The monoisotopic (exact) mass is 360 g/mol. The summed E-state index contributed by atoms with van der Waals surface area (Å²) in [4.78, 5) is 15.4. The van der Waals surface area contributed by atoms with Gasteiger partial charge in [-0.25, -0.2) is 0 Å². The van der Waals surface area contributed by atoms with Crippen LogP contribution in [-0.4, -0.2) is 71.6 Å². The van der Waals surface area contributed by atoms with Crippen LogP contribution in [0.25, 0.3) is 10.6 Å². The van der Waals surface area contributed by atoms with Crippen LogP contribution in [-0.2, 0) is 9.53 Å². The Kier molecular flexibility index (Phi) is 4.65. The molecule has 0 saturated carbocycles. The van der Waals surface area contributed by atoms with Gasteiger partial charge in [-0.05, 0) is 0 Å². The van der Waals surface area contributed by atoms with Gasteiger partial charge in [0.25, 0.3) is 0 Å². The highest BCUT2D eigenvalue weighted by molar-refractivity contribution is 7.18. The number of aromatic nitrogens is 2. The molecule has 2 saturated heterocycles. The Hall–Kier alpha value is -2.03. The van der Waals surface area contributed by atoms with Crippen molar-refractivity contribution in [1.82, 2.24) is 15.1 Å². The minimum atomic E-state index is -0.783. The first-order valence-electron chi connectivity index (χ1n) is 8.36. The molecule has 2 bridgehead atoms. The molecule has 132 valence electrons. The number of carboxylic acids is 1. The molecule has 0 unspecified atom stereocenters. The molecule has 2 aliphatic heterocycles. The number of hydrogen-bond donors (Lipinski definition) is 1. The predicted octanol–water partition coefficient (Wildman–Crippen LogP) is 1.43. The lowest BCUT2D eigenvalue weighted by Gasteiger charge is -2.29. The molecule has 2 aromatic rings. The second-order valence-corrected chi connectivity index (χ2v) is 7.51. The van der Waals surface area contributed by atoms with Crippen molar-refractivity contribution in [2.75, 3.05) is 44.3 Å². The predicted molar refractivity (Wildman–Crippen MR) is 94.9 cm³/mol. The summed E-state index contributed by atoms with van der Waals surface area (Å²) in [7, 11) is 0. The third-order valence-corrected chi connectivity index (χ3v) is 5.59. The molecule has 0 spiro atoms. The molecule has 1 aromatic carbocycles. The van der Waals surface area contributed by atoms with Crippen molar-refractivity contribution in [3.05, 3.63) is 30.3 Å². The van der Waals surface area contributed by atoms with Crippen molar-refractivity contribution < 1.29 is 14.6 Å². The molecule has 1 aromatic heterocycles. The van der Waals surface area contributed by atoms with Gasteiger partial charge in [-0.2, -0.15) is 0 Å². The van der Waals surface area contributed by atoms with Gasteiger partial charge in [0.15, 0.2) is 0 Å². The van der Waals surface area contributed by atoms with Crippen LogP contribution in [0, 0.1) is 5.92 Å². The van der Waals surface area contributed by atoms with Crippen LogP contribution in [0.3, 0.4) is 0 Å². The molecule has 7 nitrogen and oxygen atoms in total. The Labute approximate surface area is 149 Å². The van der Waals surface area contributed by atoms with E-state index < -0.39 is 5.97 Å². The third kappa shape index (κ3) is 3.65. The van der Waals surface area contributed by atoms with Crippen LogP contribution in [0.1, 0.15) is 0 Å². The number of hydrogen-bond acceptors (Lipinski definition) is 7. The van der Waals surface area contributed by atoms with Crippen molar-refractivity contribution in [3.8, 4) is 10.6 Å². The Balaban J connectivity index is 1.58. The van der Waals surface area contributed by atoms with Crippen LogP contribution in [0.2, 0.25) is 0 Å². The van der Waals surface area contributed by atoms with Gasteiger partial charge in [0.1, 0.15) is 5.01 Å². The smallest absolute Gasteiger partial charge is 0.317 e. The topological polar surface area (TPSA) is 78.8 Å². The number of carbonyl (C=O) groups is 1. The maximum atomic E-state index is 11.1. The minimum Gasteiger partial charge on any atom is -0.480 e. The summed E-state index contributed by atoms with van der Waals surface area (Å²) in [5, 5.41) is 19.7. The number of fused-ring (bicyclic) bond motifs is 3. The largest absolute Gasteiger partial charge is 0.480 e. The summed E-state index contributed by atoms with van der Waals surface area (Å²) in [5.74, 6) is -0.509. The van der Waals surface area contributed by atoms with Crippen molar-refractivity contribution in [2.24, 2.45) is 5.92 Å². The highest BCUT2D eigenvalue weighted by Gasteiger charge is 2.35. The van der Waals surface area contributed by atoms with E-state index >= 15 is 0 Å². The SMILES string of the molecule is O=C(O)CN1C[C@@H]2COC[C@H](C1)N(c1nnc(-c3ccccc3)s1)C2. The second-order valence-electron chi connectivity index (χ2n) is 6.55. The lowest BCUT2D eigenvalue weighted by molar-refractivity contribution is -0.138. The number of carboxylic acid groups (broad SMARTS) is 1. The van der Waals surface area contributed by atoms with Gasteiger partial charge in [0.05, 0.1) is 25.8 Å². The molecule has 1 N–H and O–H groups in total. The Bertz CT molecular complexity index is 739. The summed E-state index contributed by atoms with van der Waals surface area (Å²) < 4.78 is 5.80. The molecule has 0 amide bonds. The maximum Gasteiger partial charge on any atom is 0.317 e. The van der Waals surface area contributed by atoms with Gasteiger partial charge in [-0.3, -0.25) is 9.69 Å². The summed E-state index contributed by atoms with van der Waals surface area (Å²) in [6, 6.07) is 10.1. The maximum absolute atomic E-state index is 11.1. The summed E-state index contributed by atoms with van der Waals surface area (Å²) in [6.45, 7) is 3.56. The van der Waals surface area contributed by atoms with Crippen molar-refractivity contribution in [1.29, 1.82) is 0 Å². The van der Waals surface area contributed by atoms with Crippen molar-refractivity contribution >= 4 is 22.4 Å². The van der Waals surface area contributed by atoms with Gasteiger partial charge in [-0.1, -0.05) is 41.7 Å². The molecular weight excluding hydrogens is 340 g/mol. The minimum absolute atomic E-state index is 0.0756. The Morgan fingerprint density at radius 3 is 2.84 bits per heavy atom. The highest BCUT2D eigenvalue weighted by atomic mass is 32.1. The Morgan fingerprint density at radius 1 is 1.20 bits per heavy atom. The number of anilines is 1. The van der Waals surface area contributed by atoms with Gasteiger partial charge in [-0.15, -0.1) is 10.2 Å². The fourth-order valence-electron chi connectivity index (χ4n) is 3.52. The average Bonchev–Trinajstić information content (AvgIpc) is 2.91. The summed E-state index contributed by atoms with van der Waals surface area (Å²) >= 11 is 1.58. The molecule has 3 heterocycles. The second kappa shape index (κ2) is 7.07. The average molecular weight is 360 g/mol. The van der Waals surface area contributed by atoms with Crippen LogP contribution < -0.4 is 4.90 Å². The number of rotatable bonds is 4. The van der Waals surface area contributed by atoms with Gasteiger partial charge >= 0.3 is 5.97 Å². The van der Waals surface area contributed by atoms with E-state index in [9.17, 15) is 4.79 Å². The molecule has 0 radical (unpaired) electrons. The molecule has 8 heteroatoms.